The third-order valence-electron chi connectivity index (χ3n) is 1.33. The summed E-state index contributed by atoms with van der Waals surface area (Å²) in [6, 6.07) is 1.69. The third kappa shape index (κ3) is 1.49. The topological polar surface area (TPSA) is 42.0 Å². The zero-order valence-corrected chi connectivity index (χ0v) is 6.72. The molecular formula is C7H7ClN2O. The van der Waals surface area contributed by atoms with Crippen LogP contribution in [0, 0.1) is 0 Å². The molecule has 0 fully saturated rings. The number of anilines is 1. The van der Waals surface area contributed by atoms with Crippen molar-refractivity contribution in [2.24, 2.45) is 0 Å². The number of hydrogen-bond acceptors (Lipinski definition) is 3. The lowest BCUT2D eigenvalue weighted by Crippen LogP contribution is -1.95. The Balaban J connectivity index is 3.24. The minimum Gasteiger partial charge on any atom is -0.387 e. The molecule has 0 bridgehead atoms. The molecule has 0 aliphatic heterocycles. The van der Waals surface area contributed by atoms with E-state index < -0.39 is 0 Å². The molecule has 0 saturated heterocycles. The SMILES string of the molecule is CNc1ccnc(Cl)c1C=O. The van der Waals surface area contributed by atoms with Crippen molar-refractivity contribution in [3.05, 3.63) is 23.0 Å². The van der Waals surface area contributed by atoms with Gasteiger partial charge in [-0.25, -0.2) is 4.98 Å². The lowest BCUT2D eigenvalue weighted by Gasteiger charge is -2.02. The molecule has 1 rings (SSSR count). The number of carbonyl (C=O) groups is 1. The molecule has 0 spiro atoms. The summed E-state index contributed by atoms with van der Waals surface area (Å²) >= 11 is 5.63. The van der Waals surface area contributed by atoms with Gasteiger partial charge in [-0.3, -0.25) is 4.79 Å². The van der Waals surface area contributed by atoms with E-state index in [4.69, 9.17) is 11.6 Å². The predicted molar refractivity (Wildman–Crippen MR) is 44.2 cm³/mol. The predicted octanol–water partition coefficient (Wildman–Crippen LogP) is 1.59. The van der Waals surface area contributed by atoms with Gasteiger partial charge in [0.2, 0.25) is 0 Å². The Labute approximate surface area is 69.4 Å². The Morgan fingerprint density at radius 1 is 1.73 bits per heavy atom. The van der Waals surface area contributed by atoms with Crippen molar-refractivity contribution in [2.75, 3.05) is 12.4 Å². The van der Waals surface area contributed by atoms with Gasteiger partial charge in [0.05, 0.1) is 5.56 Å². The second kappa shape index (κ2) is 3.34. The van der Waals surface area contributed by atoms with Crippen LogP contribution >= 0.6 is 11.6 Å². The average Bonchev–Trinajstić information content (AvgIpc) is 2.04. The lowest BCUT2D eigenvalue weighted by atomic mass is 10.2. The number of nitrogens with zero attached hydrogens (tertiary/aromatic N) is 1. The summed E-state index contributed by atoms with van der Waals surface area (Å²) in [4.78, 5) is 14.2. The summed E-state index contributed by atoms with van der Waals surface area (Å²) in [6.45, 7) is 0. The zero-order valence-electron chi connectivity index (χ0n) is 5.97. The van der Waals surface area contributed by atoms with Crippen LogP contribution in [0.15, 0.2) is 12.3 Å². The third-order valence-corrected chi connectivity index (χ3v) is 1.63. The van der Waals surface area contributed by atoms with Crippen LogP contribution in [-0.4, -0.2) is 18.3 Å². The number of nitrogens with one attached hydrogen (secondary N) is 1. The van der Waals surface area contributed by atoms with E-state index in [-0.39, 0.29) is 5.15 Å². The van der Waals surface area contributed by atoms with Crippen LogP contribution in [0.5, 0.6) is 0 Å². The fourth-order valence-corrected chi connectivity index (χ4v) is 0.980. The van der Waals surface area contributed by atoms with Crippen molar-refractivity contribution >= 4 is 23.6 Å². The first-order chi connectivity index (χ1) is 5.29. The van der Waals surface area contributed by atoms with Crippen LogP contribution < -0.4 is 5.32 Å². The molecular weight excluding hydrogens is 164 g/mol. The van der Waals surface area contributed by atoms with Crippen LogP contribution in [0.1, 0.15) is 10.4 Å². The van der Waals surface area contributed by atoms with Gasteiger partial charge < -0.3 is 5.32 Å². The molecule has 1 aromatic heterocycles. The van der Waals surface area contributed by atoms with Gasteiger partial charge in [-0.1, -0.05) is 11.6 Å². The van der Waals surface area contributed by atoms with E-state index in [0.29, 0.717) is 17.5 Å². The van der Waals surface area contributed by atoms with Crippen molar-refractivity contribution in [2.45, 2.75) is 0 Å². The van der Waals surface area contributed by atoms with Gasteiger partial charge in [0, 0.05) is 18.9 Å². The first-order valence-electron chi connectivity index (χ1n) is 3.07. The van der Waals surface area contributed by atoms with Crippen LogP contribution in [0.3, 0.4) is 0 Å². The molecule has 0 aliphatic carbocycles. The minimum atomic E-state index is 0.229. The molecule has 0 aliphatic rings. The highest BCUT2D eigenvalue weighted by Crippen LogP contribution is 2.18. The average molecular weight is 171 g/mol. The number of hydrogen-bond donors (Lipinski definition) is 1. The Morgan fingerprint density at radius 2 is 2.45 bits per heavy atom. The Bertz CT molecular complexity index is 275. The number of halogens is 1. The van der Waals surface area contributed by atoms with Crippen molar-refractivity contribution in [3.8, 4) is 0 Å². The van der Waals surface area contributed by atoms with Crippen LogP contribution in [0.2, 0.25) is 5.15 Å². The van der Waals surface area contributed by atoms with E-state index in [1.807, 2.05) is 0 Å². The normalized spacial score (nSPS) is 9.27. The second-order valence-corrected chi connectivity index (χ2v) is 2.29. The van der Waals surface area contributed by atoms with Crippen molar-refractivity contribution < 1.29 is 4.79 Å². The highest BCUT2D eigenvalue weighted by atomic mass is 35.5. The number of carbonyl (C=O) groups excluding carboxylic acids is 1. The maximum Gasteiger partial charge on any atom is 0.155 e. The van der Waals surface area contributed by atoms with Gasteiger partial charge in [0.15, 0.2) is 6.29 Å². The van der Waals surface area contributed by atoms with Gasteiger partial charge in [-0.15, -0.1) is 0 Å². The van der Waals surface area contributed by atoms with Gasteiger partial charge in [0.25, 0.3) is 0 Å². The molecule has 0 aromatic carbocycles. The van der Waals surface area contributed by atoms with Crippen molar-refractivity contribution in [1.82, 2.24) is 4.98 Å². The summed E-state index contributed by atoms with van der Waals surface area (Å²) in [5, 5.41) is 3.06. The largest absolute Gasteiger partial charge is 0.387 e. The Hall–Kier alpha value is -1.09. The summed E-state index contributed by atoms with van der Waals surface area (Å²) in [5.41, 5.74) is 1.09. The van der Waals surface area contributed by atoms with Crippen molar-refractivity contribution in [3.63, 3.8) is 0 Å². The van der Waals surface area contributed by atoms with E-state index in [1.165, 1.54) is 0 Å². The number of aromatic nitrogens is 1. The molecule has 58 valence electrons. The van der Waals surface area contributed by atoms with Gasteiger partial charge in [-0.2, -0.15) is 0 Å². The first-order valence-corrected chi connectivity index (χ1v) is 3.45. The molecule has 1 heterocycles. The number of aldehydes is 1. The summed E-state index contributed by atoms with van der Waals surface area (Å²) in [5.74, 6) is 0. The smallest absolute Gasteiger partial charge is 0.155 e. The summed E-state index contributed by atoms with van der Waals surface area (Å²) in [7, 11) is 1.72. The molecule has 1 aromatic rings. The van der Waals surface area contributed by atoms with E-state index in [0.717, 1.165) is 0 Å². The minimum absolute atomic E-state index is 0.229. The molecule has 3 nitrogen and oxygen atoms in total. The maximum atomic E-state index is 10.4. The van der Waals surface area contributed by atoms with E-state index in [2.05, 4.69) is 10.3 Å². The fourth-order valence-electron chi connectivity index (χ4n) is 0.778. The summed E-state index contributed by atoms with van der Waals surface area (Å²) in [6.07, 6.45) is 2.22. The molecule has 11 heavy (non-hydrogen) atoms. The van der Waals surface area contributed by atoms with Gasteiger partial charge in [0.1, 0.15) is 5.15 Å². The standard InChI is InChI=1S/C7H7ClN2O/c1-9-6-2-3-10-7(8)5(6)4-11/h2-4H,1H3,(H,9,10). The molecule has 0 unspecified atom stereocenters. The summed E-state index contributed by atoms with van der Waals surface area (Å²) < 4.78 is 0. The molecule has 0 saturated carbocycles. The molecule has 0 radical (unpaired) electrons. The van der Waals surface area contributed by atoms with Crippen LogP contribution in [0.25, 0.3) is 0 Å². The Morgan fingerprint density at radius 3 is 2.91 bits per heavy atom. The molecule has 0 amide bonds. The number of pyridine rings is 1. The highest BCUT2D eigenvalue weighted by molar-refractivity contribution is 6.32. The van der Waals surface area contributed by atoms with E-state index in [9.17, 15) is 4.79 Å². The van der Waals surface area contributed by atoms with Crippen LogP contribution in [-0.2, 0) is 0 Å². The second-order valence-electron chi connectivity index (χ2n) is 1.93. The lowest BCUT2D eigenvalue weighted by molar-refractivity contribution is 0.112. The number of rotatable bonds is 2. The zero-order chi connectivity index (χ0) is 8.27. The van der Waals surface area contributed by atoms with E-state index >= 15 is 0 Å². The highest BCUT2D eigenvalue weighted by Gasteiger charge is 2.03. The van der Waals surface area contributed by atoms with Crippen LogP contribution in [0.4, 0.5) is 5.69 Å². The fraction of sp³-hybridized carbons (Fsp3) is 0.143. The maximum absolute atomic E-state index is 10.4. The quantitative estimate of drug-likeness (QED) is 0.542. The molecule has 0 atom stereocenters. The van der Waals surface area contributed by atoms with Crippen molar-refractivity contribution in [1.29, 1.82) is 0 Å². The van der Waals surface area contributed by atoms with E-state index in [1.54, 1.807) is 19.3 Å². The molecule has 4 heteroatoms. The Kier molecular flexibility index (Phi) is 2.44. The molecule has 1 N–H and O–H groups in total. The monoisotopic (exact) mass is 170 g/mol. The van der Waals surface area contributed by atoms with Gasteiger partial charge in [-0.05, 0) is 6.07 Å². The van der Waals surface area contributed by atoms with Gasteiger partial charge >= 0.3 is 0 Å². The first kappa shape index (κ1) is 8.01.